The Morgan fingerprint density at radius 1 is 1.37 bits per heavy atom. The van der Waals surface area contributed by atoms with Gasteiger partial charge in [-0.25, -0.2) is 0 Å². The van der Waals surface area contributed by atoms with Gasteiger partial charge in [0.2, 0.25) is 0 Å². The topological polar surface area (TPSA) is 26.0 Å². The van der Waals surface area contributed by atoms with Crippen molar-refractivity contribution in [2.45, 2.75) is 45.4 Å². The molecule has 106 valence electrons. The Labute approximate surface area is 130 Å². The molecule has 0 saturated heterocycles. The minimum Gasteiger partial charge on any atom is -0.330 e. The summed E-state index contributed by atoms with van der Waals surface area (Å²) in [5, 5.41) is 0.861. The maximum Gasteiger partial charge on any atom is 0.0449 e. The summed E-state index contributed by atoms with van der Waals surface area (Å²) in [4.78, 5) is 0. The highest BCUT2D eigenvalue weighted by molar-refractivity contribution is 9.10. The van der Waals surface area contributed by atoms with Crippen LogP contribution in [0.25, 0.3) is 0 Å². The van der Waals surface area contributed by atoms with Crippen LogP contribution in [0.4, 0.5) is 0 Å². The first-order valence-electron chi connectivity index (χ1n) is 7.22. The van der Waals surface area contributed by atoms with Crippen molar-refractivity contribution in [3.63, 3.8) is 0 Å². The lowest BCUT2D eigenvalue weighted by Gasteiger charge is -2.39. The normalized spacial score (nSPS) is 27.5. The van der Waals surface area contributed by atoms with E-state index in [2.05, 4.69) is 35.0 Å². The summed E-state index contributed by atoms with van der Waals surface area (Å²) in [6.07, 6.45) is 7.46. The average molecular weight is 345 g/mol. The lowest BCUT2D eigenvalue weighted by atomic mass is 9.67. The van der Waals surface area contributed by atoms with Gasteiger partial charge in [0.25, 0.3) is 0 Å². The quantitative estimate of drug-likeness (QED) is 0.799. The number of rotatable bonds is 4. The predicted octanol–water partition coefficient (Wildman–Crippen LogP) is 5.19. The minimum atomic E-state index is 0.267. The Bertz CT molecular complexity index is 425. The molecule has 0 aliphatic heterocycles. The monoisotopic (exact) mass is 343 g/mol. The maximum absolute atomic E-state index is 6.35. The van der Waals surface area contributed by atoms with Crippen molar-refractivity contribution < 1.29 is 0 Å². The van der Waals surface area contributed by atoms with Crippen LogP contribution in [0.3, 0.4) is 0 Å². The summed E-state index contributed by atoms with van der Waals surface area (Å²) in [6, 6.07) is 6.19. The Kier molecular flexibility index (Phi) is 5.33. The summed E-state index contributed by atoms with van der Waals surface area (Å²) >= 11 is 9.81. The number of nitrogens with two attached hydrogens (primary N) is 1. The molecule has 0 amide bonds. The zero-order valence-corrected chi connectivity index (χ0v) is 13.9. The molecule has 0 unspecified atom stereocenters. The lowest BCUT2D eigenvalue weighted by molar-refractivity contribution is 0.153. The minimum absolute atomic E-state index is 0.267. The van der Waals surface area contributed by atoms with Crippen LogP contribution in [0.5, 0.6) is 0 Å². The first kappa shape index (κ1) is 15.3. The summed E-state index contributed by atoms with van der Waals surface area (Å²) < 4.78 is 1.04. The highest BCUT2D eigenvalue weighted by Crippen LogP contribution is 2.42. The molecule has 0 radical (unpaired) electrons. The molecule has 19 heavy (non-hydrogen) atoms. The Hall–Kier alpha value is -0.0500. The van der Waals surface area contributed by atoms with E-state index in [-0.39, 0.29) is 5.41 Å². The molecule has 0 bridgehead atoms. The van der Waals surface area contributed by atoms with E-state index >= 15 is 0 Å². The van der Waals surface area contributed by atoms with E-state index in [9.17, 15) is 0 Å². The first-order valence-corrected chi connectivity index (χ1v) is 8.39. The van der Waals surface area contributed by atoms with Gasteiger partial charge in [-0.15, -0.1) is 0 Å². The molecule has 1 aromatic carbocycles. The van der Waals surface area contributed by atoms with Crippen molar-refractivity contribution in [2.24, 2.45) is 17.1 Å². The number of benzene rings is 1. The van der Waals surface area contributed by atoms with E-state index in [1.807, 2.05) is 6.07 Å². The summed E-state index contributed by atoms with van der Waals surface area (Å²) in [7, 11) is 0. The standard InChI is InChI=1S/C16H23BrClN/c1-2-12-5-7-16(11-19,8-6-12)10-13-3-4-14(17)9-15(13)18/h3-4,9,12H,2,5-8,10-11,19H2,1H3. The average Bonchev–Trinajstić information content (AvgIpc) is 2.43. The molecule has 1 aromatic rings. The number of hydrogen-bond donors (Lipinski definition) is 1. The summed E-state index contributed by atoms with van der Waals surface area (Å²) in [6.45, 7) is 3.07. The zero-order valence-electron chi connectivity index (χ0n) is 11.6. The molecule has 1 aliphatic rings. The van der Waals surface area contributed by atoms with Gasteiger partial charge in [-0.1, -0.05) is 46.9 Å². The molecular formula is C16H23BrClN. The fourth-order valence-electron chi connectivity index (χ4n) is 3.22. The Morgan fingerprint density at radius 3 is 2.58 bits per heavy atom. The van der Waals surface area contributed by atoms with Gasteiger partial charge in [0, 0.05) is 9.50 Å². The molecule has 2 N–H and O–H groups in total. The largest absolute Gasteiger partial charge is 0.330 e. The number of halogens is 2. The lowest BCUT2D eigenvalue weighted by Crippen LogP contribution is -2.36. The molecule has 0 heterocycles. The summed E-state index contributed by atoms with van der Waals surface area (Å²) in [5.74, 6) is 0.903. The van der Waals surface area contributed by atoms with Gasteiger partial charge in [-0.3, -0.25) is 0 Å². The molecule has 1 fully saturated rings. The summed E-state index contributed by atoms with van der Waals surface area (Å²) in [5.41, 5.74) is 7.61. The van der Waals surface area contributed by atoms with Crippen LogP contribution in [-0.2, 0) is 6.42 Å². The third-order valence-electron chi connectivity index (χ3n) is 4.76. The molecular weight excluding hydrogens is 322 g/mol. The second kappa shape index (κ2) is 6.60. The molecule has 1 aliphatic carbocycles. The fourth-order valence-corrected chi connectivity index (χ4v) is 3.96. The van der Waals surface area contributed by atoms with Crippen molar-refractivity contribution in [1.82, 2.24) is 0 Å². The van der Waals surface area contributed by atoms with Gasteiger partial charge in [0.15, 0.2) is 0 Å². The molecule has 1 saturated carbocycles. The second-order valence-corrected chi connectivity index (χ2v) is 7.29. The van der Waals surface area contributed by atoms with E-state index in [0.717, 1.165) is 28.4 Å². The molecule has 1 nitrogen and oxygen atoms in total. The van der Waals surface area contributed by atoms with E-state index in [1.165, 1.54) is 37.7 Å². The molecule has 0 spiro atoms. The van der Waals surface area contributed by atoms with Crippen molar-refractivity contribution in [3.05, 3.63) is 33.3 Å². The van der Waals surface area contributed by atoms with E-state index in [0.29, 0.717) is 0 Å². The van der Waals surface area contributed by atoms with Crippen LogP contribution >= 0.6 is 27.5 Å². The molecule has 2 rings (SSSR count). The fraction of sp³-hybridized carbons (Fsp3) is 0.625. The predicted molar refractivity (Wildman–Crippen MR) is 86.6 cm³/mol. The van der Waals surface area contributed by atoms with Crippen molar-refractivity contribution >= 4 is 27.5 Å². The van der Waals surface area contributed by atoms with Crippen LogP contribution in [0, 0.1) is 11.3 Å². The van der Waals surface area contributed by atoms with Gasteiger partial charge in [-0.2, -0.15) is 0 Å². The second-order valence-electron chi connectivity index (χ2n) is 5.97. The molecule has 0 atom stereocenters. The van der Waals surface area contributed by atoms with Gasteiger partial charge >= 0.3 is 0 Å². The number of hydrogen-bond acceptors (Lipinski definition) is 1. The van der Waals surface area contributed by atoms with Crippen molar-refractivity contribution in [1.29, 1.82) is 0 Å². The highest BCUT2D eigenvalue weighted by Gasteiger charge is 2.34. The van der Waals surface area contributed by atoms with Gasteiger partial charge in [-0.05, 0) is 67.7 Å². The van der Waals surface area contributed by atoms with Crippen molar-refractivity contribution in [2.75, 3.05) is 6.54 Å². The third kappa shape index (κ3) is 3.74. The first-order chi connectivity index (χ1) is 9.08. The van der Waals surface area contributed by atoms with Crippen LogP contribution in [-0.4, -0.2) is 6.54 Å². The van der Waals surface area contributed by atoms with Crippen LogP contribution in [0.15, 0.2) is 22.7 Å². The third-order valence-corrected chi connectivity index (χ3v) is 5.60. The molecule has 3 heteroatoms. The van der Waals surface area contributed by atoms with Crippen LogP contribution in [0.2, 0.25) is 5.02 Å². The van der Waals surface area contributed by atoms with Gasteiger partial charge < -0.3 is 5.73 Å². The van der Waals surface area contributed by atoms with Crippen LogP contribution < -0.4 is 5.73 Å². The molecule has 0 aromatic heterocycles. The maximum atomic E-state index is 6.35. The van der Waals surface area contributed by atoms with E-state index in [1.54, 1.807) is 0 Å². The Morgan fingerprint density at radius 2 is 2.05 bits per heavy atom. The Balaban J connectivity index is 2.10. The van der Waals surface area contributed by atoms with Crippen molar-refractivity contribution in [3.8, 4) is 0 Å². The van der Waals surface area contributed by atoms with E-state index < -0.39 is 0 Å². The highest BCUT2D eigenvalue weighted by atomic mass is 79.9. The smallest absolute Gasteiger partial charge is 0.0449 e. The zero-order chi connectivity index (χ0) is 13.9. The van der Waals surface area contributed by atoms with E-state index in [4.69, 9.17) is 17.3 Å². The SMILES string of the molecule is CCC1CCC(CN)(Cc2ccc(Br)cc2Cl)CC1. The van der Waals surface area contributed by atoms with Crippen LogP contribution in [0.1, 0.15) is 44.6 Å². The van der Waals surface area contributed by atoms with Gasteiger partial charge in [0.1, 0.15) is 0 Å². The van der Waals surface area contributed by atoms with Gasteiger partial charge in [0.05, 0.1) is 0 Å².